The van der Waals surface area contributed by atoms with Crippen molar-refractivity contribution in [1.82, 2.24) is 4.98 Å². The number of carbonyl (C=O) groups excluding carboxylic acids is 1. The molecule has 0 unspecified atom stereocenters. The van der Waals surface area contributed by atoms with Gasteiger partial charge in [0.15, 0.2) is 0 Å². The maximum atomic E-state index is 13.0. The van der Waals surface area contributed by atoms with E-state index in [4.69, 9.17) is 20.5 Å². The Hall–Kier alpha value is -2.50. The van der Waals surface area contributed by atoms with Crippen molar-refractivity contribution < 1.29 is 22.1 Å². The third-order valence-electron chi connectivity index (χ3n) is 5.34. The van der Waals surface area contributed by atoms with Gasteiger partial charge in [-0.2, -0.15) is 8.42 Å². The molecule has 0 spiro atoms. The zero-order valence-corrected chi connectivity index (χ0v) is 22.8. The summed E-state index contributed by atoms with van der Waals surface area (Å²) in [6, 6.07) is 17.2. The number of ether oxygens (including phenoxy) is 1. The molecular formula is C24H20BrClN2O5S2. The summed E-state index contributed by atoms with van der Waals surface area (Å²) in [7, 11) is -2.66. The van der Waals surface area contributed by atoms with Gasteiger partial charge in [-0.25, -0.2) is 4.98 Å². The Morgan fingerprint density at radius 1 is 1.09 bits per heavy atom. The van der Waals surface area contributed by atoms with Gasteiger partial charge in [-0.3, -0.25) is 8.98 Å². The Balaban J connectivity index is 1.57. The van der Waals surface area contributed by atoms with Crippen molar-refractivity contribution in [3.05, 3.63) is 80.7 Å². The molecule has 2 heterocycles. The van der Waals surface area contributed by atoms with Crippen LogP contribution in [0.5, 0.6) is 11.6 Å². The molecule has 0 aliphatic heterocycles. The van der Waals surface area contributed by atoms with Crippen LogP contribution in [-0.4, -0.2) is 26.4 Å². The molecule has 7 nitrogen and oxygen atoms in total. The molecule has 2 aromatic heterocycles. The number of thiophene rings is 1. The van der Waals surface area contributed by atoms with E-state index in [1.165, 1.54) is 11.3 Å². The standard InChI is InChI=1S/C24H20BrClN2O5S2/c1-24(2,35(30,31)32-3)15-4-9-19-14(10-15)11-20(34-19)23(29)27-17-12-21(25)28-22(13-17)33-18-7-5-16(26)6-8-18/h4-13H,1-3H3,(H,27,28,29). The summed E-state index contributed by atoms with van der Waals surface area (Å²) in [5.41, 5.74) is 1.06. The number of hydrogen-bond donors (Lipinski definition) is 1. The Morgan fingerprint density at radius 2 is 1.80 bits per heavy atom. The van der Waals surface area contributed by atoms with Crippen LogP contribution in [0, 0.1) is 0 Å². The van der Waals surface area contributed by atoms with Crippen molar-refractivity contribution in [2.24, 2.45) is 0 Å². The second-order valence-electron chi connectivity index (χ2n) is 8.02. The second-order valence-corrected chi connectivity index (χ2v) is 12.6. The third kappa shape index (κ3) is 5.52. The van der Waals surface area contributed by atoms with E-state index in [0.717, 1.165) is 17.2 Å². The van der Waals surface area contributed by atoms with Crippen LogP contribution in [0.4, 0.5) is 5.69 Å². The fraction of sp³-hybridized carbons (Fsp3) is 0.167. The smallest absolute Gasteiger partial charge is 0.276 e. The van der Waals surface area contributed by atoms with E-state index in [1.54, 1.807) is 74.5 Å². The highest BCUT2D eigenvalue weighted by atomic mass is 79.9. The van der Waals surface area contributed by atoms with Crippen molar-refractivity contribution in [1.29, 1.82) is 0 Å². The second kappa shape index (κ2) is 9.87. The van der Waals surface area contributed by atoms with E-state index in [1.807, 2.05) is 0 Å². The van der Waals surface area contributed by atoms with Crippen molar-refractivity contribution in [2.45, 2.75) is 18.6 Å². The number of pyridine rings is 1. The molecule has 4 aromatic rings. The minimum Gasteiger partial charge on any atom is -0.439 e. The predicted molar refractivity (Wildman–Crippen MR) is 142 cm³/mol. The first-order valence-electron chi connectivity index (χ1n) is 10.2. The largest absolute Gasteiger partial charge is 0.439 e. The average molecular weight is 596 g/mol. The lowest BCUT2D eigenvalue weighted by molar-refractivity contribution is 0.103. The molecule has 0 radical (unpaired) electrons. The van der Waals surface area contributed by atoms with E-state index >= 15 is 0 Å². The molecule has 0 saturated carbocycles. The number of anilines is 1. The Labute approximate surface area is 220 Å². The molecule has 1 amide bonds. The van der Waals surface area contributed by atoms with Gasteiger partial charge in [-0.1, -0.05) is 17.7 Å². The topological polar surface area (TPSA) is 94.6 Å². The number of rotatable bonds is 7. The normalized spacial score (nSPS) is 12.0. The van der Waals surface area contributed by atoms with E-state index in [0.29, 0.717) is 37.4 Å². The molecule has 0 atom stereocenters. The van der Waals surface area contributed by atoms with Gasteiger partial charge in [0.25, 0.3) is 16.0 Å². The zero-order chi connectivity index (χ0) is 25.4. The molecule has 4 rings (SSSR count). The van der Waals surface area contributed by atoms with Crippen LogP contribution >= 0.6 is 38.9 Å². The number of nitrogens with zero attached hydrogens (tertiary/aromatic N) is 1. The molecule has 0 fully saturated rings. The fourth-order valence-electron chi connectivity index (χ4n) is 3.30. The van der Waals surface area contributed by atoms with Crippen LogP contribution in [0.25, 0.3) is 10.1 Å². The first kappa shape index (κ1) is 25.6. The Bertz CT molecular complexity index is 1520. The summed E-state index contributed by atoms with van der Waals surface area (Å²) in [5, 5.41) is 4.21. The maximum absolute atomic E-state index is 13.0. The van der Waals surface area contributed by atoms with Crippen molar-refractivity contribution in [3.63, 3.8) is 0 Å². The number of aromatic nitrogens is 1. The highest BCUT2D eigenvalue weighted by Gasteiger charge is 2.36. The van der Waals surface area contributed by atoms with Crippen molar-refractivity contribution >= 4 is 70.7 Å². The molecule has 2 aromatic carbocycles. The Morgan fingerprint density at radius 3 is 2.49 bits per heavy atom. The summed E-state index contributed by atoms with van der Waals surface area (Å²) in [6.07, 6.45) is 0. The number of amides is 1. The van der Waals surface area contributed by atoms with Gasteiger partial charge in [0.2, 0.25) is 5.88 Å². The van der Waals surface area contributed by atoms with Crippen LogP contribution in [-0.2, 0) is 19.0 Å². The third-order valence-corrected chi connectivity index (χ3v) is 9.04. The van der Waals surface area contributed by atoms with Crippen LogP contribution < -0.4 is 10.1 Å². The Kier molecular flexibility index (Phi) is 7.21. The van der Waals surface area contributed by atoms with Crippen LogP contribution in [0.1, 0.15) is 29.1 Å². The summed E-state index contributed by atoms with van der Waals surface area (Å²) in [4.78, 5) is 17.7. The average Bonchev–Trinajstić information content (AvgIpc) is 3.24. The van der Waals surface area contributed by atoms with Crippen molar-refractivity contribution in [2.75, 3.05) is 12.4 Å². The summed E-state index contributed by atoms with van der Waals surface area (Å²) >= 11 is 10.6. The number of hydrogen-bond acceptors (Lipinski definition) is 7. The highest BCUT2D eigenvalue weighted by Crippen LogP contribution is 2.35. The minimum atomic E-state index is -3.81. The lowest BCUT2D eigenvalue weighted by Gasteiger charge is -2.23. The number of carbonyl (C=O) groups is 1. The van der Waals surface area contributed by atoms with E-state index < -0.39 is 14.9 Å². The molecule has 11 heteroatoms. The quantitative estimate of drug-likeness (QED) is 0.183. The van der Waals surface area contributed by atoms with E-state index in [2.05, 4.69) is 26.2 Å². The van der Waals surface area contributed by atoms with Gasteiger partial charge >= 0.3 is 0 Å². The lowest BCUT2D eigenvalue weighted by Crippen LogP contribution is -2.30. The summed E-state index contributed by atoms with van der Waals surface area (Å²) in [6.45, 7) is 3.16. The van der Waals surface area contributed by atoms with Crippen LogP contribution in [0.2, 0.25) is 5.02 Å². The summed E-state index contributed by atoms with van der Waals surface area (Å²) in [5.74, 6) is 0.530. The number of halogens is 2. The molecule has 1 N–H and O–H groups in total. The minimum absolute atomic E-state index is 0.291. The number of nitrogens with one attached hydrogen (secondary N) is 1. The molecule has 35 heavy (non-hydrogen) atoms. The molecule has 182 valence electrons. The first-order valence-corrected chi connectivity index (χ1v) is 13.6. The van der Waals surface area contributed by atoms with E-state index in [-0.39, 0.29) is 5.91 Å². The summed E-state index contributed by atoms with van der Waals surface area (Å²) < 4.78 is 35.3. The maximum Gasteiger partial charge on any atom is 0.276 e. The molecule has 0 aliphatic rings. The van der Waals surface area contributed by atoms with Gasteiger partial charge in [-0.05, 0) is 89.3 Å². The van der Waals surface area contributed by atoms with Crippen LogP contribution in [0.15, 0.2) is 65.3 Å². The number of fused-ring (bicyclic) bond motifs is 1. The molecule has 0 aliphatic carbocycles. The molecular weight excluding hydrogens is 576 g/mol. The predicted octanol–water partition coefficient (Wildman–Crippen LogP) is 6.97. The first-order chi connectivity index (χ1) is 16.5. The van der Waals surface area contributed by atoms with Gasteiger partial charge in [0, 0.05) is 21.5 Å². The zero-order valence-electron chi connectivity index (χ0n) is 18.8. The van der Waals surface area contributed by atoms with Gasteiger partial charge < -0.3 is 10.1 Å². The number of benzene rings is 2. The lowest BCUT2D eigenvalue weighted by atomic mass is 10.0. The van der Waals surface area contributed by atoms with E-state index in [9.17, 15) is 13.2 Å². The van der Waals surface area contributed by atoms with Crippen LogP contribution in [0.3, 0.4) is 0 Å². The molecule has 0 bridgehead atoms. The molecule has 0 saturated heterocycles. The van der Waals surface area contributed by atoms with Gasteiger partial charge in [-0.15, -0.1) is 11.3 Å². The van der Waals surface area contributed by atoms with Gasteiger partial charge in [0.1, 0.15) is 15.1 Å². The highest BCUT2D eigenvalue weighted by molar-refractivity contribution is 9.10. The van der Waals surface area contributed by atoms with Gasteiger partial charge in [0.05, 0.1) is 12.0 Å². The monoisotopic (exact) mass is 594 g/mol. The SMILES string of the molecule is COS(=O)(=O)C(C)(C)c1ccc2sc(C(=O)Nc3cc(Br)nc(Oc4ccc(Cl)cc4)c3)cc2c1. The fourth-order valence-corrected chi connectivity index (χ4v) is 5.61. The van der Waals surface area contributed by atoms with Crippen molar-refractivity contribution in [3.8, 4) is 11.6 Å².